The van der Waals surface area contributed by atoms with Gasteiger partial charge in [0.1, 0.15) is 0 Å². The molecule has 0 aliphatic rings. The van der Waals surface area contributed by atoms with Crippen LogP contribution in [-0.4, -0.2) is 31.3 Å². The molecule has 0 aliphatic heterocycles. The van der Waals surface area contributed by atoms with Gasteiger partial charge in [0.15, 0.2) is 5.92 Å². The van der Waals surface area contributed by atoms with Crippen LogP contribution in [0.2, 0.25) is 0 Å². The molecule has 5 heteroatoms. The van der Waals surface area contributed by atoms with Crippen molar-refractivity contribution < 1.29 is 24.2 Å². The summed E-state index contributed by atoms with van der Waals surface area (Å²) in [5.74, 6) is -2.23. The van der Waals surface area contributed by atoms with Crippen LogP contribution in [0.15, 0.2) is 24.3 Å². The van der Waals surface area contributed by atoms with Gasteiger partial charge < -0.3 is 14.6 Å². The minimum atomic E-state index is -0.978. The summed E-state index contributed by atoms with van der Waals surface area (Å²) in [6, 6.07) is 7.03. The van der Waals surface area contributed by atoms with Gasteiger partial charge in [0, 0.05) is 0 Å². The van der Waals surface area contributed by atoms with Crippen molar-refractivity contribution in [3.8, 4) is 0 Å². The van der Waals surface area contributed by atoms with Crippen molar-refractivity contribution in [2.75, 3.05) is 14.2 Å². The summed E-state index contributed by atoms with van der Waals surface area (Å²) in [5, 5.41) is 9.02. The number of ether oxygens (including phenoxy) is 2. The van der Waals surface area contributed by atoms with E-state index in [9.17, 15) is 9.59 Å². The third-order valence-corrected chi connectivity index (χ3v) is 2.59. The molecule has 0 amide bonds. The third-order valence-electron chi connectivity index (χ3n) is 2.59. The van der Waals surface area contributed by atoms with E-state index in [0.29, 0.717) is 0 Å². The molecule has 0 aliphatic carbocycles. The van der Waals surface area contributed by atoms with Crippen LogP contribution in [0.3, 0.4) is 0 Å². The fourth-order valence-corrected chi connectivity index (χ4v) is 1.64. The number of carbonyl (C=O) groups is 2. The van der Waals surface area contributed by atoms with Gasteiger partial charge in [-0.25, -0.2) is 0 Å². The van der Waals surface area contributed by atoms with E-state index in [-0.39, 0.29) is 13.0 Å². The summed E-state index contributed by atoms with van der Waals surface area (Å²) < 4.78 is 9.15. The standard InChI is InChI=1S/C13H16O5/c1-17-12(15)11(13(16)18-2)7-9-4-3-5-10(6-9)8-14/h3-6,11,14H,7-8H2,1-2H3. The SMILES string of the molecule is COC(=O)C(Cc1cccc(CO)c1)C(=O)OC. The van der Waals surface area contributed by atoms with E-state index in [2.05, 4.69) is 9.47 Å². The van der Waals surface area contributed by atoms with Crippen molar-refractivity contribution in [3.05, 3.63) is 35.4 Å². The van der Waals surface area contributed by atoms with Gasteiger partial charge in [-0.15, -0.1) is 0 Å². The van der Waals surface area contributed by atoms with Crippen molar-refractivity contribution in [2.24, 2.45) is 5.92 Å². The Morgan fingerprint density at radius 3 is 2.22 bits per heavy atom. The van der Waals surface area contributed by atoms with Crippen LogP contribution >= 0.6 is 0 Å². The zero-order valence-electron chi connectivity index (χ0n) is 10.4. The van der Waals surface area contributed by atoms with Crippen molar-refractivity contribution in [2.45, 2.75) is 13.0 Å². The molecule has 1 rings (SSSR count). The number of hydrogen-bond donors (Lipinski definition) is 1. The van der Waals surface area contributed by atoms with E-state index >= 15 is 0 Å². The summed E-state index contributed by atoms with van der Waals surface area (Å²) in [6.07, 6.45) is 0.188. The lowest BCUT2D eigenvalue weighted by molar-refractivity contribution is -0.158. The molecular formula is C13H16O5. The molecule has 0 spiro atoms. The Balaban J connectivity index is 2.88. The summed E-state index contributed by atoms with van der Waals surface area (Å²) in [5.41, 5.74) is 1.49. The number of methoxy groups -OCH3 is 2. The Labute approximate surface area is 105 Å². The normalized spacial score (nSPS) is 10.2. The first-order valence-electron chi connectivity index (χ1n) is 5.46. The van der Waals surface area contributed by atoms with Crippen LogP contribution in [0.25, 0.3) is 0 Å². The number of rotatable bonds is 5. The second-order valence-corrected chi connectivity index (χ2v) is 3.78. The molecule has 5 nitrogen and oxygen atoms in total. The molecule has 0 unspecified atom stereocenters. The predicted molar refractivity (Wildman–Crippen MR) is 63.6 cm³/mol. The quantitative estimate of drug-likeness (QED) is 0.616. The Bertz CT molecular complexity index is 411. The van der Waals surface area contributed by atoms with Gasteiger partial charge in [-0.2, -0.15) is 0 Å². The Hall–Kier alpha value is -1.88. The van der Waals surface area contributed by atoms with Crippen LogP contribution in [0.4, 0.5) is 0 Å². The molecule has 0 saturated carbocycles. The van der Waals surface area contributed by atoms with E-state index in [4.69, 9.17) is 5.11 Å². The third kappa shape index (κ3) is 3.56. The van der Waals surface area contributed by atoms with E-state index in [1.165, 1.54) is 14.2 Å². The Morgan fingerprint density at radius 1 is 1.17 bits per heavy atom. The molecule has 1 aromatic rings. The average Bonchev–Trinajstić information content (AvgIpc) is 2.43. The molecule has 0 saturated heterocycles. The van der Waals surface area contributed by atoms with Gasteiger partial charge >= 0.3 is 11.9 Å². The van der Waals surface area contributed by atoms with E-state index in [1.807, 2.05) is 0 Å². The second-order valence-electron chi connectivity index (χ2n) is 3.78. The highest BCUT2D eigenvalue weighted by molar-refractivity contribution is 5.95. The number of aliphatic hydroxyl groups is 1. The fourth-order valence-electron chi connectivity index (χ4n) is 1.64. The zero-order chi connectivity index (χ0) is 13.5. The minimum Gasteiger partial charge on any atom is -0.468 e. The van der Waals surface area contributed by atoms with Gasteiger partial charge in [-0.1, -0.05) is 24.3 Å². The molecule has 0 atom stereocenters. The van der Waals surface area contributed by atoms with Gasteiger partial charge in [0.2, 0.25) is 0 Å². The molecule has 18 heavy (non-hydrogen) atoms. The number of benzene rings is 1. The number of carbonyl (C=O) groups excluding carboxylic acids is 2. The molecular weight excluding hydrogens is 236 g/mol. The van der Waals surface area contributed by atoms with Crippen molar-refractivity contribution in [3.63, 3.8) is 0 Å². The number of hydrogen-bond acceptors (Lipinski definition) is 5. The molecule has 1 N–H and O–H groups in total. The van der Waals surface area contributed by atoms with Gasteiger partial charge in [-0.05, 0) is 17.5 Å². The molecule has 0 aromatic heterocycles. The average molecular weight is 252 g/mol. The minimum absolute atomic E-state index is 0.0883. The molecule has 98 valence electrons. The van der Waals surface area contributed by atoms with Crippen LogP contribution in [0.1, 0.15) is 11.1 Å². The summed E-state index contributed by atoms with van der Waals surface area (Å²) >= 11 is 0. The fraction of sp³-hybridized carbons (Fsp3) is 0.385. The van der Waals surface area contributed by atoms with Crippen LogP contribution in [0, 0.1) is 5.92 Å². The van der Waals surface area contributed by atoms with Crippen molar-refractivity contribution >= 4 is 11.9 Å². The van der Waals surface area contributed by atoms with Crippen molar-refractivity contribution in [1.82, 2.24) is 0 Å². The highest BCUT2D eigenvalue weighted by atomic mass is 16.5. The lowest BCUT2D eigenvalue weighted by Gasteiger charge is -2.12. The number of esters is 2. The lowest BCUT2D eigenvalue weighted by atomic mass is 9.98. The second kappa shape index (κ2) is 6.76. The first-order valence-corrected chi connectivity index (χ1v) is 5.46. The lowest BCUT2D eigenvalue weighted by Crippen LogP contribution is -2.28. The van der Waals surface area contributed by atoms with E-state index in [1.54, 1.807) is 24.3 Å². The Kier molecular flexibility index (Phi) is 5.32. The van der Waals surface area contributed by atoms with Gasteiger partial charge in [0.05, 0.1) is 20.8 Å². The van der Waals surface area contributed by atoms with E-state index < -0.39 is 17.9 Å². The highest BCUT2D eigenvalue weighted by Crippen LogP contribution is 2.14. The molecule has 0 fully saturated rings. The maximum absolute atomic E-state index is 11.5. The first-order chi connectivity index (χ1) is 8.62. The molecule has 0 heterocycles. The molecule has 1 aromatic carbocycles. The Morgan fingerprint density at radius 2 is 1.72 bits per heavy atom. The van der Waals surface area contributed by atoms with Crippen molar-refractivity contribution in [1.29, 1.82) is 0 Å². The topological polar surface area (TPSA) is 72.8 Å². The summed E-state index contributed by atoms with van der Waals surface area (Å²) in [4.78, 5) is 23.0. The smallest absolute Gasteiger partial charge is 0.320 e. The predicted octanol–water partition coefficient (Wildman–Crippen LogP) is 0.684. The molecule has 0 bridgehead atoms. The number of aliphatic hydroxyl groups excluding tert-OH is 1. The van der Waals surface area contributed by atoms with E-state index in [0.717, 1.165) is 11.1 Å². The van der Waals surface area contributed by atoms with Gasteiger partial charge in [-0.3, -0.25) is 9.59 Å². The first kappa shape index (κ1) is 14.2. The zero-order valence-corrected chi connectivity index (χ0v) is 10.4. The summed E-state index contributed by atoms with van der Waals surface area (Å²) in [6.45, 7) is -0.0883. The highest BCUT2D eigenvalue weighted by Gasteiger charge is 2.28. The van der Waals surface area contributed by atoms with Crippen LogP contribution in [0.5, 0.6) is 0 Å². The monoisotopic (exact) mass is 252 g/mol. The van der Waals surface area contributed by atoms with Crippen LogP contribution < -0.4 is 0 Å². The maximum atomic E-state index is 11.5. The largest absolute Gasteiger partial charge is 0.468 e. The molecule has 0 radical (unpaired) electrons. The van der Waals surface area contributed by atoms with Crippen LogP contribution in [-0.2, 0) is 32.1 Å². The van der Waals surface area contributed by atoms with Gasteiger partial charge in [0.25, 0.3) is 0 Å². The summed E-state index contributed by atoms with van der Waals surface area (Å²) in [7, 11) is 2.45. The maximum Gasteiger partial charge on any atom is 0.320 e.